The van der Waals surface area contributed by atoms with Crippen molar-refractivity contribution in [3.05, 3.63) is 59.4 Å². The molecular formula is C16H20N2O. The Kier molecular flexibility index (Phi) is 3.86. The van der Waals surface area contributed by atoms with Crippen molar-refractivity contribution in [2.75, 3.05) is 7.11 Å². The molecule has 100 valence electrons. The fourth-order valence-corrected chi connectivity index (χ4v) is 2.14. The molecule has 2 rings (SSSR count). The highest BCUT2D eigenvalue weighted by molar-refractivity contribution is 5.31. The molecule has 0 aliphatic heterocycles. The zero-order valence-corrected chi connectivity index (χ0v) is 11.7. The van der Waals surface area contributed by atoms with Gasteiger partial charge < -0.3 is 10.5 Å². The van der Waals surface area contributed by atoms with Gasteiger partial charge in [-0.25, -0.2) is 0 Å². The van der Waals surface area contributed by atoms with Gasteiger partial charge in [0.2, 0.25) is 0 Å². The molecule has 1 heterocycles. The zero-order chi connectivity index (χ0) is 13.9. The van der Waals surface area contributed by atoms with Gasteiger partial charge in [-0.3, -0.25) is 4.98 Å². The Morgan fingerprint density at radius 1 is 1.21 bits per heavy atom. The number of pyridine rings is 1. The number of hydrogen-bond donors (Lipinski definition) is 1. The summed E-state index contributed by atoms with van der Waals surface area (Å²) in [5.74, 6) is 0.861. The van der Waals surface area contributed by atoms with Crippen LogP contribution in [0.4, 0.5) is 0 Å². The molecule has 0 saturated carbocycles. The lowest BCUT2D eigenvalue weighted by molar-refractivity contribution is 0.414. The first kappa shape index (κ1) is 13.6. The first-order valence-corrected chi connectivity index (χ1v) is 6.35. The molecule has 0 spiro atoms. The summed E-state index contributed by atoms with van der Waals surface area (Å²) in [5, 5.41) is 0. The Labute approximate surface area is 114 Å². The van der Waals surface area contributed by atoms with Crippen LogP contribution in [-0.4, -0.2) is 12.1 Å². The number of nitrogens with zero attached hydrogens (tertiary/aromatic N) is 1. The minimum Gasteiger partial charge on any atom is -0.497 e. The third-order valence-corrected chi connectivity index (χ3v) is 3.26. The van der Waals surface area contributed by atoms with E-state index in [1.165, 1.54) is 5.56 Å². The minimum atomic E-state index is -0.423. The highest BCUT2D eigenvalue weighted by Crippen LogP contribution is 2.24. The number of aryl methyl sites for hydroxylation is 1. The van der Waals surface area contributed by atoms with E-state index in [1.54, 1.807) is 7.11 Å². The molecule has 1 atom stereocenters. The topological polar surface area (TPSA) is 48.1 Å². The Bertz CT molecular complexity index is 547. The van der Waals surface area contributed by atoms with Crippen LogP contribution in [-0.2, 0) is 12.0 Å². The van der Waals surface area contributed by atoms with Crippen LogP contribution in [0.2, 0.25) is 0 Å². The van der Waals surface area contributed by atoms with Gasteiger partial charge in [-0.1, -0.05) is 18.2 Å². The molecule has 2 N–H and O–H groups in total. The van der Waals surface area contributed by atoms with E-state index in [2.05, 4.69) is 11.1 Å². The molecule has 1 unspecified atom stereocenters. The van der Waals surface area contributed by atoms with Gasteiger partial charge in [0.1, 0.15) is 5.75 Å². The lowest BCUT2D eigenvalue weighted by atomic mass is 9.87. The average Bonchev–Trinajstić information content (AvgIpc) is 2.39. The third kappa shape index (κ3) is 3.32. The highest BCUT2D eigenvalue weighted by atomic mass is 16.5. The smallest absolute Gasteiger partial charge is 0.118 e. The molecule has 3 heteroatoms. The fourth-order valence-electron chi connectivity index (χ4n) is 2.14. The predicted molar refractivity (Wildman–Crippen MR) is 77.2 cm³/mol. The van der Waals surface area contributed by atoms with Crippen molar-refractivity contribution in [2.45, 2.75) is 25.8 Å². The second-order valence-electron chi connectivity index (χ2n) is 5.19. The lowest BCUT2D eigenvalue weighted by Gasteiger charge is -2.25. The molecule has 0 bridgehead atoms. The molecule has 3 nitrogen and oxygen atoms in total. The highest BCUT2D eigenvalue weighted by Gasteiger charge is 2.22. The van der Waals surface area contributed by atoms with E-state index in [9.17, 15) is 0 Å². The third-order valence-electron chi connectivity index (χ3n) is 3.26. The second kappa shape index (κ2) is 5.41. The number of nitrogens with two attached hydrogens (primary N) is 1. The molecule has 0 aliphatic carbocycles. The molecule has 0 amide bonds. The molecule has 2 aromatic rings. The van der Waals surface area contributed by atoms with Crippen LogP contribution < -0.4 is 10.5 Å². The van der Waals surface area contributed by atoms with Crippen molar-refractivity contribution >= 4 is 0 Å². The predicted octanol–water partition coefficient (Wildman–Crippen LogP) is 2.82. The van der Waals surface area contributed by atoms with Crippen LogP contribution >= 0.6 is 0 Å². The van der Waals surface area contributed by atoms with Gasteiger partial charge in [0.25, 0.3) is 0 Å². The van der Waals surface area contributed by atoms with Crippen molar-refractivity contribution in [3.8, 4) is 5.75 Å². The first-order chi connectivity index (χ1) is 9.01. The van der Waals surface area contributed by atoms with E-state index in [4.69, 9.17) is 10.5 Å². The maximum Gasteiger partial charge on any atom is 0.118 e. The second-order valence-corrected chi connectivity index (χ2v) is 5.19. The van der Waals surface area contributed by atoms with Crippen molar-refractivity contribution in [1.82, 2.24) is 4.98 Å². The Morgan fingerprint density at radius 2 is 1.89 bits per heavy atom. The van der Waals surface area contributed by atoms with Crippen molar-refractivity contribution < 1.29 is 4.74 Å². The van der Waals surface area contributed by atoms with Gasteiger partial charge in [0.15, 0.2) is 0 Å². The van der Waals surface area contributed by atoms with Crippen LogP contribution in [0, 0.1) is 6.92 Å². The van der Waals surface area contributed by atoms with Crippen LogP contribution in [0.25, 0.3) is 0 Å². The molecule has 1 aromatic carbocycles. The Balaban J connectivity index is 2.20. The van der Waals surface area contributed by atoms with Gasteiger partial charge >= 0.3 is 0 Å². The molecule has 0 fully saturated rings. The van der Waals surface area contributed by atoms with Crippen molar-refractivity contribution in [3.63, 3.8) is 0 Å². The van der Waals surface area contributed by atoms with Gasteiger partial charge in [0, 0.05) is 17.9 Å². The maximum atomic E-state index is 6.44. The quantitative estimate of drug-likeness (QED) is 0.915. The number of rotatable bonds is 4. The fraction of sp³-hybridized carbons (Fsp3) is 0.312. The lowest BCUT2D eigenvalue weighted by Crippen LogP contribution is -2.35. The SMILES string of the molecule is COc1ccc(CC(C)(N)c2cncc(C)c2)cc1. The van der Waals surface area contributed by atoms with E-state index >= 15 is 0 Å². The zero-order valence-electron chi connectivity index (χ0n) is 11.7. The van der Waals surface area contributed by atoms with Crippen LogP contribution in [0.5, 0.6) is 5.75 Å². The minimum absolute atomic E-state index is 0.423. The average molecular weight is 256 g/mol. The van der Waals surface area contributed by atoms with Gasteiger partial charge in [0.05, 0.1) is 7.11 Å². The summed E-state index contributed by atoms with van der Waals surface area (Å²) in [5.41, 5.74) is 9.39. The van der Waals surface area contributed by atoms with Crippen LogP contribution in [0.3, 0.4) is 0 Å². The number of methoxy groups -OCH3 is 1. The van der Waals surface area contributed by atoms with Gasteiger partial charge in [-0.2, -0.15) is 0 Å². The summed E-state index contributed by atoms with van der Waals surface area (Å²) in [6.45, 7) is 4.06. The Morgan fingerprint density at radius 3 is 2.47 bits per heavy atom. The van der Waals surface area contributed by atoms with E-state index < -0.39 is 5.54 Å². The molecule has 19 heavy (non-hydrogen) atoms. The van der Waals surface area contributed by atoms with Crippen molar-refractivity contribution in [1.29, 1.82) is 0 Å². The summed E-state index contributed by atoms with van der Waals surface area (Å²) >= 11 is 0. The molecule has 0 saturated heterocycles. The normalized spacial score (nSPS) is 13.9. The standard InChI is InChI=1S/C16H20N2O/c1-12-8-14(11-18-10-12)16(2,17)9-13-4-6-15(19-3)7-5-13/h4-8,10-11H,9,17H2,1-3H3. The van der Waals surface area contributed by atoms with E-state index in [0.717, 1.165) is 23.3 Å². The monoisotopic (exact) mass is 256 g/mol. The molecular weight excluding hydrogens is 236 g/mol. The maximum absolute atomic E-state index is 6.44. The van der Waals surface area contributed by atoms with E-state index in [1.807, 2.05) is 50.5 Å². The van der Waals surface area contributed by atoms with Crippen LogP contribution in [0.15, 0.2) is 42.7 Å². The summed E-state index contributed by atoms with van der Waals surface area (Å²) in [6.07, 6.45) is 4.45. The molecule has 0 radical (unpaired) electrons. The summed E-state index contributed by atoms with van der Waals surface area (Å²) in [4.78, 5) is 4.22. The summed E-state index contributed by atoms with van der Waals surface area (Å²) in [6, 6.07) is 10.1. The summed E-state index contributed by atoms with van der Waals surface area (Å²) < 4.78 is 5.16. The number of aromatic nitrogens is 1. The molecule has 1 aromatic heterocycles. The number of ether oxygens (including phenoxy) is 1. The van der Waals surface area contributed by atoms with E-state index in [-0.39, 0.29) is 0 Å². The van der Waals surface area contributed by atoms with Crippen LogP contribution in [0.1, 0.15) is 23.6 Å². The summed E-state index contributed by atoms with van der Waals surface area (Å²) in [7, 11) is 1.67. The largest absolute Gasteiger partial charge is 0.497 e. The van der Waals surface area contributed by atoms with Gasteiger partial charge in [-0.15, -0.1) is 0 Å². The first-order valence-electron chi connectivity index (χ1n) is 6.35. The van der Waals surface area contributed by atoms with Crippen molar-refractivity contribution in [2.24, 2.45) is 5.73 Å². The Hall–Kier alpha value is -1.87. The van der Waals surface area contributed by atoms with Gasteiger partial charge in [-0.05, 0) is 49.1 Å². The van der Waals surface area contributed by atoms with E-state index in [0.29, 0.717) is 0 Å². The molecule has 0 aliphatic rings. The number of benzene rings is 1. The number of hydrogen-bond acceptors (Lipinski definition) is 3.